The van der Waals surface area contributed by atoms with E-state index in [2.05, 4.69) is 11.3 Å². The van der Waals surface area contributed by atoms with Gasteiger partial charge < -0.3 is 4.74 Å². The first kappa shape index (κ1) is 9.88. The van der Waals surface area contributed by atoms with Crippen LogP contribution in [0.25, 0.3) is 0 Å². The molecule has 0 aliphatic rings. The van der Waals surface area contributed by atoms with Gasteiger partial charge in [-0.2, -0.15) is 18.3 Å². The van der Waals surface area contributed by atoms with Crippen molar-refractivity contribution in [2.24, 2.45) is 7.05 Å². The zero-order chi connectivity index (χ0) is 10.1. The molecule has 6 heteroatoms. The molecule has 1 radical (unpaired) electrons. The summed E-state index contributed by atoms with van der Waals surface area (Å²) in [7, 11) is 1.20. The summed E-state index contributed by atoms with van der Waals surface area (Å²) in [6.45, 7) is 1.76. The molecule has 0 unspecified atom stereocenters. The summed E-state index contributed by atoms with van der Waals surface area (Å²) in [6, 6.07) is 0. The number of ether oxygens (including phenoxy) is 1. The molecule has 0 saturated carbocycles. The second-order valence-electron chi connectivity index (χ2n) is 2.34. The molecule has 0 saturated heterocycles. The van der Waals surface area contributed by atoms with E-state index >= 15 is 0 Å². The summed E-state index contributed by atoms with van der Waals surface area (Å²) in [5.74, 6) is -0.350. The van der Waals surface area contributed by atoms with Gasteiger partial charge in [-0.1, -0.05) is 0 Å². The fourth-order valence-electron chi connectivity index (χ4n) is 0.927. The van der Waals surface area contributed by atoms with Crippen molar-refractivity contribution in [1.82, 2.24) is 9.78 Å². The normalized spacial score (nSPS) is 11.8. The van der Waals surface area contributed by atoms with E-state index in [9.17, 15) is 13.2 Å². The third-order valence-corrected chi connectivity index (χ3v) is 1.40. The Labute approximate surface area is 73.1 Å². The third kappa shape index (κ3) is 1.93. The van der Waals surface area contributed by atoms with Gasteiger partial charge in [0.1, 0.15) is 0 Å². The van der Waals surface area contributed by atoms with Crippen LogP contribution in [-0.4, -0.2) is 16.4 Å². The van der Waals surface area contributed by atoms with Crippen LogP contribution in [0.1, 0.15) is 12.6 Å². The topological polar surface area (TPSA) is 27.1 Å². The molecular weight excluding hydrogens is 185 g/mol. The highest BCUT2D eigenvalue weighted by atomic mass is 19.4. The quantitative estimate of drug-likeness (QED) is 0.713. The molecule has 0 atom stereocenters. The lowest BCUT2D eigenvalue weighted by atomic mass is 10.4. The SMILES string of the molecule is CCOc1[c]nn(C)c1C(F)(F)F. The first-order valence-electron chi connectivity index (χ1n) is 3.61. The van der Waals surface area contributed by atoms with Gasteiger partial charge in [0.2, 0.25) is 0 Å². The van der Waals surface area contributed by atoms with E-state index in [0.29, 0.717) is 4.68 Å². The Hall–Kier alpha value is -1.20. The van der Waals surface area contributed by atoms with Crippen LogP contribution in [0.3, 0.4) is 0 Å². The Bertz CT molecular complexity index is 292. The van der Waals surface area contributed by atoms with Crippen molar-refractivity contribution in [3.8, 4) is 5.75 Å². The monoisotopic (exact) mass is 193 g/mol. The highest BCUT2D eigenvalue weighted by Crippen LogP contribution is 2.35. The fourth-order valence-corrected chi connectivity index (χ4v) is 0.927. The van der Waals surface area contributed by atoms with Gasteiger partial charge in [0.25, 0.3) is 0 Å². The molecule has 0 amide bonds. The molecule has 1 heterocycles. The minimum atomic E-state index is -4.45. The van der Waals surface area contributed by atoms with Gasteiger partial charge in [0, 0.05) is 7.05 Å². The van der Waals surface area contributed by atoms with Crippen molar-refractivity contribution in [3.05, 3.63) is 11.9 Å². The number of aryl methyl sites for hydroxylation is 1. The Balaban J connectivity index is 3.09. The van der Waals surface area contributed by atoms with E-state index in [1.165, 1.54) is 7.05 Å². The molecule has 0 aromatic carbocycles. The van der Waals surface area contributed by atoms with Crippen LogP contribution in [0, 0.1) is 6.20 Å². The van der Waals surface area contributed by atoms with Gasteiger partial charge in [-0.05, 0) is 6.92 Å². The van der Waals surface area contributed by atoms with E-state index in [-0.39, 0.29) is 12.4 Å². The number of hydrogen-bond donors (Lipinski definition) is 0. The minimum absolute atomic E-state index is 0.158. The van der Waals surface area contributed by atoms with Crippen molar-refractivity contribution in [2.75, 3.05) is 6.61 Å². The molecule has 0 bridgehead atoms. The number of alkyl halides is 3. The van der Waals surface area contributed by atoms with Gasteiger partial charge in [-0.15, -0.1) is 0 Å². The summed E-state index contributed by atoms with van der Waals surface area (Å²) in [5.41, 5.74) is -0.908. The molecule has 0 N–H and O–H groups in total. The second-order valence-corrected chi connectivity index (χ2v) is 2.34. The molecule has 0 spiro atoms. The van der Waals surface area contributed by atoms with Crippen LogP contribution in [-0.2, 0) is 13.2 Å². The van der Waals surface area contributed by atoms with Crippen molar-refractivity contribution in [3.63, 3.8) is 0 Å². The number of halogens is 3. The third-order valence-electron chi connectivity index (χ3n) is 1.40. The van der Waals surface area contributed by atoms with Crippen LogP contribution in [0.15, 0.2) is 0 Å². The van der Waals surface area contributed by atoms with E-state index < -0.39 is 11.9 Å². The summed E-state index contributed by atoms with van der Waals surface area (Å²) in [5, 5.41) is 3.35. The predicted octanol–water partition coefficient (Wildman–Crippen LogP) is 1.64. The molecule has 0 aliphatic heterocycles. The standard InChI is InChI=1S/C7H8F3N2O/c1-3-13-5-4-11-12(2)6(5)7(8,9)10/h3H2,1-2H3. The van der Waals surface area contributed by atoms with Crippen molar-refractivity contribution >= 4 is 0 Å². The summed E-state index contributed by atoms with van der Waals surface area (Å²) < 4.78 is 42.3. The van der Waals surface area contributed by atoms with Gasteiger partial charge in [0.15, 0.2) is 17.6 Å². The molecule has 1 rings (SSSR count). The van der Waals surface area contributed by atoms with Gasteiger partial charge in [-0.25, -0.2) is 0 Å². The zero-order valence-corrected chi connectivity index (χ0v) is 7.14. The van der Waals surface area contributed by atoms with Crippen LogP contribution >= 0.6 is 0 Å². The highest BCUT2D eigenvalue weighted by molar-refractivity contribution is 5.26. The lowest BCUT2D eigenvalue weighted by Crippen LogP contribution is -2.13. The summed E-state index contributed by atoms with van der Waals surface area (Å²) in [4.78, 5) is 0. The number of hydrogen-bond acceptors (Lipinski definition) is 2. The molecule has 73 valence electrons. The Morgan fingerprint density at radius 1 is 1.54 bits per heavy atom. The average molecular weight is 193 g/mol. The fraction of sp³-hybridized carbons (Fsp3) is 0.571. The van der Waals surface area contributed by atoms with E-state index in [1.54, 1.807) is 6.92 Å². The Kier molecular flexibility index (Phi) is 2.49. The number of aromatic nitrogens is 2. The van der Waals surface area contributed by atoms with Gasteiger partial charge >= 0.3 is 6.18 Å². The van der Waals surface area contributed by atoms with Crippen molar-refractivity contribution in [1.29, 1.82) is 0 Å². The molecule has 13 heavy (non-hydrogen) atoms. The summed E-state index contributed by atoms with van der Waals surface area (Å²) in [6.07, 6.45) is -2.30. The Morgan fingerprint density at radius 3 is 2.62 bits per heavy atom. The lowest BCUT2D eigenvalue weighted by molar-refractivity contribution is -0.145. The number of nitrogens with zero attached hydrogens (tertiary/aromatic N) is 2. The van der Waals surface area contributed by atoms with Crippen molar-refractivity contribution in [2.45, 2.75) is 13.1 Å². The molecule has 0 aliphatic carbocycles. The average Bonchev–Trinajstić information content (AvgIpc) is 2.31. The second kappa shape index (κ2) is 3.27. The zero-order valence-electron chi connectivity index (χ0n) is 7.14. The highest BCUT2D eigenvalue weighted by Gasteiger charge is 2.38. The van der Waals surface area contributed by atoms with Crippen LogP contribution < -0.4 is 4.74 Å². The number of rotatable bonds is 2. The minimum Gasteiger partial charge on any atom is -0.489 e. The first-order chi connectivity index (χ1) is 5.96. The molecule has 0 fully saturated rings. The first-order valence-corrected chi connectivity index (χ1v) is 3.61. The lowest BCUT2D eigenvalue weighted by Gasteiger charge is -2.09. The maximum Gasteiger partial charge on any atom is 0.436 e. The molecule has 1 aromatic heterocycles. The van der Waals surface area contributed by atoms with E-state index in [1.807, 2.05) is 0 Å². The van der Waals surface area contributed by atoms with E-state index in [0.717, 1.165) is 0 Å². The predicted molar refractivity (Wildman–Crippen MR) is 38.2 cm³/mol. The van der Waals surface area contributed by atoms with Crippen LogP contribution in [0.2, 0.25) is 0 Å². The van der Waals surface area contributed by atoms with Gasteiger partial charge in [0.05, 0.1) is 6.61 Å². The van der Waals surface area contributed by atoms with Crippen LogP contribution in [0.4, 0.5) is 13.2 Å². The van der Waals surface area contributed by atoms with E-state index in [4.69, 9.17) is 4.74 Å². The molecule has 1 aromatic rings. The van der Waals surface area contributed by atoms with Crippen molar-refractivity contribution < 1.29 is 17.9 Å². The summed E-state index contributed by atoms with van der Waals surface area (Å²) >= 11 is 0. The molecule has 3 nitrogen and oxygen atoms in total. The van der Waals surface area contributed by atoms with Crippen LogP contribution in [0.5, 0.6) is 5.75 Å². The molecular formula is C7H8F3N2O. The largest absolute Gasteiger partial charge is 0.489 e. The smallest absolute Gasteiger partial charge is 0.436 e. The van der Waals surface area contributed by atoms with Gasteiger partial charge in [-0.3, -0.25) is 4.68 Å². The maximum absolute atomic E-state index is 12.3. The Morgan fingerprint density at radius 2 is 2.15 bits per heavy atom. The maximum atomic E-state index is 12.3.